The summed E-state index contributed by atoms with van der Waals surface area (Å²) >= 11 is 1.89. The summed E-state index contributed by atoms with van der Waals surface area (Å²) in [5, 5.41) is 0. The Labute approximate surface area is 115 Å². The van der Waals surface area contributed by atoms with Crippen molar-refractivity contribution in [1.29, 1.82) is 0 Å². The molecular weight excluding hydrogens is 268 g/mol. The van der Waals surface area contributed by atoms with Crippen LogP contribution in [0.5, 0.6) is 0 Å². The number of hydrogen-bond acceptors (Lipinski definition) is 1. The first-order valence-electron chi connectivity index (χ1n) is 5.57. The molecule has 2 aromatic rings. The Kier molecular flexibility index (Phi) is 2.88. The fourth-order valence-electron chi connectivity index (χ4n) is 2.22. The molecule has 0 fully saturated rings. The first-order valence-corrected chi connectivity index (χ1v) is 6.35. The number of nitrogens with zero attached hydrogens (tertiary/aromatic N) is 1. The summed E-state index contributed by atoms with van der Waals surface area (Å²) in [6.45, 7) is 0.514. The third-order valence-electron chi connectivity index (χ3n) is 3.08. The van der Waals surface area contributed by atoms with Gasteiger partial charge in [-0.3, -0.25) is 0 Å². The molecule has 0 bridgehead atoms. The Morgan fingerprint density at radius 1 is 0.944 bits per heavy atom. The minimum atomic E-state index is -0.526. The summed E-state index contributed by atoms with van der Waals surface area (Å²) in [4.78, 5) is 1.69. The molecule has 0 spiro atoms. The van der Waals surface area contributed by atoms with Crippen LogP contribution in [0.3, 0.4) is 0 Å². The molecule has 1 aliphatic heterocycles. The van der Waals surface area contributed by atoms with Gasteiger partial charge in [0.1, 0.15) is 0 Å². The maximum atomic E-state index is 13.8. The van der Waals surface area contributed by atoms with Gasteiger partial charge in [-0.05, 0) is 0 Å². The molecule has 1 aliphatic rings. The Hall–Kier alpha value is -1.32. The number of halogens is 2. The third-order valence-corrected chi connectivity index (χ3v) is 3.92. The molecule has 0 atom stereocenters. The fourth-order valence-corrected chi connectivity index (χ4v) is 2.90. The van der Waals surface area contributed by atoms with Gasteiger partial charge in [0.05, 0.1) is 0 Å². The second-order valence-electron chi connectivity index (χ2n) is 4.16. The molecule has 0 aliphatic carbocycles. The summed E-state index contributed by atoms with van der Waals surface area (Å²) in [6, 6.07) is 11.8. The van der Waals surface area contributed by atoms with E-state index < -0.39 is 11.6 Å². The van der Waals surface area contributed by atoms with Crippen LogP contribution in [-0.4, -0.2) is 3.94 Å². The van der Waals surface area contributed by atoms with E-state index in [1.54, 1.807) is 4.90 Å². The average molecular weight is 277 g/mol. The number of para-hydroxylation sites is 1. The van der Waals surface area contributed by atoms with Gasteiger partial charge in [0.25, 0.3) is 0 Å². The SMILES string of the molecule is Fc1cccc(F)c1N1Cc2ccccc2[C]1=[Ti+]. The van der Waals surface area contributed by atoms with Gasteiger partial charge in [0.15, 0.2) is 0 Å². The second kappa shape index (κ2) is 4.41. The molecule has 1 nitrogen and oxygen atoms in total. The molecule has 3 rings (SSSR count). The van der Waals surface area contributed by atoms with Gasteiger partial charge >= 0.3 is 115 Å². The average Bonchev–Trinajstić information content (AvgIpc) is 2.68. The summed E-state index contributed by atoms with van der Waals surface area (Å²) in [5.74, 6) is -1.05. The van der Waals surface area contributed by atoms with Gasteiger partial charge in [0.2, 0.25) is 0 Å². The molecule has 1 heterocycles. The van der Waals surface area contributed by atoms with Crippen LogP contribution < -0.4 is 4.90 Å². The number of benzene rings is 2. The molecule has 18 heavy (non-hydrogen) atoms. The van der Waals surface area contributed by atoms with Crippen molar-refractivity contribution in [2.24, 2.45) is 0 Å². The van der Waals surface area contributed by atoms with Crippen molar-refractivity contribution < 1.29 is 28.8 Å². The summed E-state index contributed by atoms with van der Waals surface area (Å²) < 4.78 is 28.5. The van der Waals surface area contributed by atoms with Crippen LogP contribution in [-0.2, 0) is 26.5 Å². The molecule has 0 saturated heterocycles. The molecule has 0 amide bonds. The Balaban J connectivity index is 2.10. The van der Waals surface area contributed by atoms with Crippen LogP contribution in [0.2, 0.25) is 0 Å². The second-order valence-corrected chi connectivity index (χ2v) is 4.90. The number of fused-ring (bicyclic) bond motifs is 1. The van der Waals surface area contributed by atoms with Gasteiger partial charge < -0.3 is 0 Å². The van der Waals surface area contributed by atoms with E-state index in [0.717, 1.165) is 15.1 Å². The summed E-state index contributed by atoms with van der Waals surface area (Å²) in [5.41, 5.74) is 2.18. The van der Waals surface area contributed by atoms with E-state index in [1.165, 1.54) is 18.2 Å². The molecule has 0 radical (unpaired) electrons. The zero-order valence-electron chi connectivity index (χ0n) is 9.45. The van der Waals surface area contributed by atoms with Crippen molar-refractivity contribution >= 4 is 9.62 Å². The summed E-state index contributed by atoms with van der Waals surface area (Å²) in [6.07, 6.45) is 0. The van der Waals surface area contributed by atoms with Crippen LogP contribution in [0.1, 0.15) is 11.1 Å². The molecule has 0 saturated carbocycles. The Bertz CT molecular complexity index is 619. The van der Waals surface area contributed by atoms with Crippen LogP contribution in [0.4, 0.5) is 14.5 Å². The molecule has 87 valence electrons. The van der Waals surface area contributed by atoms with Crippen LogP contribution >= 0.6 is 0 Å². The van der Waals surface area contributed by atoms with E-state index in [-0.39, 0.29) is 5.69 Å². The standard InChI is InChI=1S/C14H9F2N.Ti/c15-12-6-3-7-13(16)14(12)17-8-10-4-1-2-5-11(10)9-17;/h1-7H,8H2;/q;+1. The topological polar surface area (TPSA) is 3.24 Å². The minimum absolute atomic E-state index is 0.0335. The number of rotatable bonds is 1. The monoisotopic (exact) mass is 277 g/mol. The Morgan fingerprint density at radius 2 is 1.61 bits per heavy atom. The fraction of sp³-hybridized carbons (Fsp3) is 0.0714. The van der Waals surface area contributed by atoms with Crippen LogP contribution in [0, 0.1) is 11.6 Å². The molecule has 0 N–H and O–H groups in total. The van der Waals surface area contributed by atoms with E-state index in [4.69, 9.17) is 0 Å². The van der Waals surface area contributed by atoms with Crippen molar-refractivity contribution in [1.82, 2.24) is 0 Å². The zero-order chi connectivity index (χ0) is 12.7. The van der Waals surface area contributed by atoms with Crippen molar-refractivity contribution in [3.63, 3.8) is 0 Å². The molecule has 0 aromatic heterocycles. The van der Waals surface area contributed by atoms with Gasteiger partial charge in [-0.15, -0.1) is 0 Å². The van der Waals surface area contributed by atoms with Crippen molar-refractivity contribution in [3.8, 4) is 0 Å². The van der Waals surface area contributed by atoms with Gasteiger partial charge in [-0.2, -0.15) is 0 Å². The van der Waals surface area contributed by atoms with Gasteiger partial charge in [-0.25, -0.2) is 0 Å². The normalized spacial score (nSPS) is 14.0. The summed E-state index contributed by atoms with van der Waals surface area (Å²) in [7, 11) is 0. The van der Waals surface area contributed by atoms with Gasteiger partial charge in [0, 0.05) is 0 Å². The molecule has 2 aromatic carbocycles. The molecular formula is C14H9F2NTi+. The van der Waals surface area contributed by atoms with Crippen LogP contribution in [0.25, 0.3) is 0 Å². The molecule has 0 unspecified atom stereocenters. The number of anilines is 1. The first-order chi connectivity index (χ1) is 8.68. The predicted octanol–water partition coefficient (Wildman–Crippen LogP) is 3.01. The number of hydrogen-bond donors (Lipinski definition) is 0. The van der Waals surface area contributed by atoms with Gasteiger partial charge in [-0.1, -0.05) is 0 Å². The van der Waals surface area contributed by atoms with E-state index in [2.05, 4.69) is 0 Å². The van der Waals surface area contributed by atoms with E-state index in [0.29, 0.717) is 6.54 Å². The Morgan fingerprint density at radius 3 is 2.28 bits per heavy atom. The molecule has 4 heteroatoms. The van der Waals surface area contributed by atoms with Crippen molar-refractivity contribution in [3.05, 3.63) is 65.2 Å². The predicted molar refractivity (Wildman–Crippen MR) is 63.1 cm³/mol. The maximum absolute atomic E-state index is 13.8. The van der Waals surface area contributed by atoms with E-state index >= 15 is 0 Å². The first kappa shape index (κ1) is 11.8. The van der Waals surface area contributed by atoms with Crippen molar-refractivity contribution in [2.45, 2.75) is 6.54 Å². The van der Waals surface area contributed by atoms with Crippen molar-refractivity contribution in [2.75, 3.05) is 4.90 Å². The van der Waals surface area contributed by atoms with Crippen LogP contribution in [0.15, 0.2) is 42.5 Å². The third kappa shape index (κ3) is 1.75. The zero-order valence-corrected chi connectivity index (χ0v) is 11.0. The van der Waals surface area contributed by atoms with E-state index in [9.17, 15) is 8.78 Å². The van der Waals surface area contributed by atoms with E-state index in [1.807, 2.05) is 44.2 Å². The quantitative estimate of drug-likeness (QED) is 0.724.